The van der Waals surface area contributed by atoms with Crippen LogP contribution in [0.15, 0.2) is 24.3 Å². The monoisotopic (exact) mass is 210 g/mol. The van der Waals surface area contributed by atoms with Crippen LogP contribution >= 0.6 is 0 Å². The fraction of sp³-hybridized carbons (Fsp3) is 0.300. The molecule has 0 heterocycles. The fourth-order valence-electron chi connectivity index (χ4n) is 1.06. The topological polar surface area (TPSA) is 84.6 Å². The first-order valence-corrected chi connectivity index (χ1v) is 4.63. The number of carbonyl (C=O) groups is 1. The first-order chi connectivity index (χ1) is 7.18. The number of anilines is 1. The molecule has 0 aromatic heterocycles. The number of nitrogen functional groups attached to an aromatic ring is 1. The molecule has 0 saturated carbocycles. The Kier molecular flexibility index (Phi) is 4.28. The Balaban J connectivity index is 2.17. The van der Waals surface area contributed by atoms with Gasteiger partial charge in [0.25, 0.3) is 0 Å². The SMILES string of the molecule is Nc1cccc(OCCCNC(=O)O)c1. The Labute approximate surface area is 87.9 Å². The van der Waals surface area contributed by atoms with E-state index in [1.54, 1.807) is 24.3 Å². The summed E-state index contributed by atoms with van der Waals surface area (Å²) < 4.78 is 5.36. The highest BCUT2D eigenvalue weighted by molar-refractivity contribution is 5.64. The number of carboxylic acid groups (broad SMARTS) is 1. The Morgan fingerprint density at radius 3 is 3.00 bits per heavy atom. The summed E-state index contributed by atoms with van der Waals surface area (Å²) >= 11 is 0. The summed E-state index contributed by atoms with van der Waals surface area (Å²) in [5.74, 6) is 0.699. The molecule has 4 N–H and O–H groups in total. The van der Waals surface area contributed by atoms with Crippen molar-refractivity contribution in [1.29, 1.82) is 0 Å². The van der Waals surface area contributed by atoms with E-state index in [4.69, 9.17) is 15.6 Å². The molecule has 1 rings (SSSR count). The highest BCUT2D eigenvalue weighted by Gasteiger charge is 1.95. The van der Waals surface area contributed by atoms with E-state index in [1.807, 2.05) is 0 Å². The van der Waals surface area contributed by atoms with Gasteiger partial charge in [-0.1, -0.05) is 6.07 Å². The van der Waals surface area contributed by atoms with E-state index >= 15 is 0 Å². The lowest BCUT2D eigenvalue weighted by atomic mass is 10.3. The maximum atomic E-state index is 10.1. The second-order valence-corrected chi connectivity index (χ2v) is 3.01. The molecule has 15 heavy (non-hydrogen) atoms. The molecule has 82 valence electrons. The molecular weight excluding hydrogens is 196 g/mol. The smallest absolute Gasteiger partial charge is 0.404 e. The van der Waals surface area contributed by atoms with E-state index < -0.39 is 6.09 Å². The highest BCUT2D eigenvalue weighted by Crippen LogP contribution is 2.14. The molecule has 0 atom stereocenters. The van der Waals surface area contributed by atoms with E-state index in [2.05, 4.69) is 5.32 Å². The van der Waals surface area contributed by atoms with Crippen molar-refractivity contribution in [2.24, 2.45) is 0 Å². The second-order valence-electron chi connectivity index (χ2n) is 3.01. The van der Waals surface area contributed by atoms with Gasteiger partial charge in [0.1, 0.15) is 5.75 Å². The van der Waals surface area contributed by atoms with Crippen LogP contribution < -0.4 is 15.8 Å². The van der Waals surface area contributed by atoms with Crippen molar-refractivity contribution < 1.29 is 14.6 Å². The third-order valence-electron chi connectivity index (χ3n) is 1.72. The van der Waals surface area contributed by atoms with Crippen LogP contribution in [-0.2, 0) is 0 Å². The molecule has 5 heteroatoms. The molecular formula is C10H14N2O3. The fourth-order valence-corrected chi connectivity index (χ4v) is 1.06. The molecule has 0 aliphatic heterocycles. The van der Waals surface area contributed by atoms with Crippen molar-refractivity contribution in [1.82, 2.24) is 5.32 Å². The molecule has 0 aliphatic carbocycles. The van der Waals surface area contributed by atoms with Crippen LogP contribution in [-0.4, -0.2) is 24.4 Å². The molecule has 5 nitrogen and oxygen atoms in total. The van der Waals surface area contributed by atoms with Gasteiger partial charge in [0.15, 0.2) is 0 Å². The van der Waals surface area contributed by atoms with Gasteiger partial charge >= 0.3 is 6.09 Å². The highest BCUT2D eigenvalue weighted by atomic mass is 16.5. The first kappa shape index (κ1) is 11.2. The number of benzene rings is 1. The van der Waals surface area contributed by atoms with Crippen molar-refractivity contribution >= 4 is 11.8 Å². The molecule has 0 bridgehead atoms. The van der Waals surface area contributed by atoms with Crippen molar-refractivity contribution in [3.63, 3.8) is 0 Å². The van der Waals surface area contributed by atoms with E-state index in [1.165, 1.54) is 0 Å². The van der Waals surface area contributed by atoms with Gasteiger partial charge < -0.3 is 20.9 Å². The molecule has 1 amide bonds. The second kappa shape index (κ2) is 5.74. The summed E-state index contributed by atoms with van der Waals surface area (Å²) in [6.45, 7) is 0.849. The number of amides is 1. The average Bonchev–Trinajstić information content (AvgIpc) is 2.17. The maximum absolute atomic E-state index is 10.1. The van der Waals surface area contributed by atoms with Crippen molar-refractivity contribution in [2.75, 3.05) is 18.9 Å². The number of ether oxygens (including phenoxy) is 1. The Morgan fingerprint density at radius 2 is 2.33 bits per heavy atom. The quantitative estimate of drug-likeness (QED) is 0.505. The van der Waals surface area contributed by atoms with Crippen molar-refractivity contribution in [3.05, 3.63) is 24.3 Å². The molecule has 0 unspecified atom stereocenters. The minimum Gasteiger partial charge on any atom is -0.493 e. The minimum absolute atomic E-state index is 0.387. The zero-order chi connectivity index (χ0) is 11.1. The normalized spacial score (nSPS) is 9.60. The van der Waals surface area contributed by atoms with Crippen LogP contribution in [0, 0.1) is 0 Å². The molecule has 0 spiro atoms. The van der Waals surface area contributed by atoms with Crippen LogP contribution in [0.25, 0.3) is 0 Å². The minimum atomic E-state index is -1.01. The lowest BCUT2D eigenvalue weighted by Gasteiger charge is -2.06. The molecule has 0 aliphatic rings. The number of nitrogens with one attached hydrogen (secondary N) is 1. The predicted molar refractivity (Wildman–Crippen MR) is 57.0 cm³/mol. The number of rotatable bonds is 5. The summed E-state index contributed by atoms with van der Waals surface area (Å²) in [7, 11) is 0. The van der Waals surface area contributed by atoms with Gasteiger partial charge in [-0.15, -0.1) is 0 Å². The zero-order valence-corrected chi connectivity index (χ0v) is 8.27. The molecule has 1 aromatic carbocycles. The van der Waals surface area contributed by atoms with E-state index in [0.29, 0.717) is 31.0 Å². The molecule has 1 aromatic rings. The van der Waals surface area contributed by atoms with E-state index in [0.717, 1.165) is 0 Å². The van der Waals surface area contributed by atoms with Gasteiger partial charge in [-0.2, -0.15) is 0 Å². The number of hydrogen-bond acceptors (Lipinski definition) is 3. The van der Waals surface area contributed by atoms with Gasteiger partial charge in [0.2, 0.25) is 0 Å². The maximum Gasteiger partial charge on any atom is 0.404 e. The van der Waals surface area contributed by atoms with Crippen LogP contribution in [0.2, 0.25) is 0 Å². The van der Waals surface area contributed by atoms with E-state index in [9.17, 15) is 4.79 Å². The van der Waals surface area contributed by atoms with Crippen molar-refractivity contribution in [2.45, 2.75) is 6.42 Å². The number of hydrogen-bond donors (Lipinski definition) is 3. The van der Waals surface area contributed by atoms with Crippen LogP contribution in [0.1, 0.15) is 6.42 Å². The van der Waals surface area contributed by atoms with Crippen LogP contribution in [0.4, 0.5) is 10.5 Å². The lowest BCUT2D eigenvalue weighted by molar-refractivity contribution is 0.193. The molecule has 0 fully saturated rings. The Bertz CT molecular complexity index is 328. The molecule has 0 saturated heterocycles. The predicted octanol–water partition coefficient (Wildman–Crippen LogP) is 1.31. The van der Waals surface area contributed by atoms with Gasteiger partial charge in [-0.25, -0.2) is 4.79 Å². The van der Waals surface area contributed by atoms with Gasteiger partial charge in [0, 0.05) is 18.3 Å². The number of nitrogens with two attached hydrogens (primary N) is 1. The standard InChI is InChI=1S/C10H14N2O3/c11-8-3-1-4-9(7-8)15-6-2-5-12-10(13)14/h1,3-4,7,12H,2,5-6,11H2,(H,13,14). The molecule has 0 radical (unpaired) electrons. The summed E-state index contributed by atoms with van der Waals surface area (Å²) in [6, 6.07) is 7.12. The summed E-state index contributed by atoms with van der Waals surface area (Å²) in [4.78, 5) is 10.1. The van der Waals surface area contributed by atoms with E-state index in [-0.39, 0.29) is 0 Å². The zero-order valence-electron chi connectivity index (χ0n) is 8.27. The summed E-state index contributed by atoms with van der Waals surface area (Å²) in [5.41, 5.74) is 6.21. The van der Waals surface area contributed by atoms with Gasteiger partial charge in [0.05, 0.1) is 6.61 Å². The third kappa shape index (κ3) is 4.75. The lowest BCUT2D eigenvalue weighted by Crippen LogP contribution is -2.23. The van der Waals surface area contributed by atoms with Gasteiger partial charge in [-0.3, -0.25) is 0 Å². The largest absolute Gasteiger partial charge is 0.493 e. The Hall–Kier alpha value is -1.91. The Morgan fingerprint density at radius 1 is 1.53 bits per heavy atom. The van der Waals surface area contributed by atoms with Crippen LogP contribution in [0.3, 0.4) is 0 Å². The average molecular weight is 210 g/mol. The van der Waals surface area contributed by atoms with Crippen molar-refractivity contribution in [3.8, 4) is 5.75 Å². The van der Waals surface area contributed by atoms with Crippen LogP contribution in [0.5, 0.6) is 5.75 Å². The summed E-state index contributed by atoms with van der Waals surface area (Å²) in [6.07, 6.45) is -0.389. The first-order valence-electron chi connectivity index (χ1n) is 4.63. The van der Waals surface area contributed by atoms with Gasteiger partial charge in [-0.05, 0) is 18.6 Å². The third-order valence-corrected chi connectivity index (χ3v) is 1.72. The summed E-state index contributed by atoms with van der Waals surface area (Å²) in [5, 5.41) is 10.6.